The van der Waals surface area contributed by atoms with Crippen LogP contribution >= 0.6 is 11.6 Å². The number of nitrogen functional groups attached to an aromatic ring is 1. The summed E-state index contributed by atoms with van der Waals surface area (Å²) >= 11 is 5.94. The fraction of sp³-hybridized carbons (Fsp3) is 0.455. The third-order valence-electron chi connectivity index (χ3n) is 3.10. The van der Waals surface area contributed by atoms with Crippen molar-refractivity contribution in [1.29, 1.82) is 0 Å². The highest BCUT2D eigenvalue weighted by Gasteiger charge is 2.36. The van der Waals surface area contributed by atoms with E-state index in [0.717, 1.165) is 6.42 Å². The molecule has 1 aromatic rings. The van der Waals surface area contributed by atoms with Crippen LogP contribution in [0.1, 0.15) is 12.8 Å². The van der Waals surface area contributed by atoms with Crippen LogP contribution in [-0.2, 0) is 10.0 Å². The van der Waals surface area contributed by atoms with Gasteiger partial charge in [0.05, 0.1) is 17.3 Å². The predicted molar refractivity (Wildman–Crippen MR) is 69.9 cm³/mol. The molecule has 1 aliphatic heterocycles. The van der Waals surface area contributed by atoms with Crippen molar-refractivity contribution in [3.05, 3.63) is 23.2 Å². The summed E-state index contributed by atoms with van der Waals surface area (Å²) in [6.07, 6.45) is 1.38. The molecule has 0 aliphatic carbocycles. The summed E-state index contributed by atoms with van der Waals surface area (Å²) in [6.45, 7) is 0.196. The highest BCUT2D eigenvalue weighted by Crippen LogP contribution is 2.33. The lowest BCUT2D eigenvalue weighted by Gasteiger charge is -2.23. The molecule has 0 aromatic heterocycles. The molecule has 5 nitrogen and oxygen atoms in total. The second kappa shape index (κ2) is 5.05. The summed E-state index contributed by atoms with van der Waals surface area (Å²) in [5, 5.41) is 9.32. The van der Waals surface area contributed by atoms with Gasteiger partial charge in [0.15, 0.2) is 0 Å². The number of sulfonamides is 1. The minimum Gasteiger partial charge on any atom is -0.398 e. The Kier molecular flexibility index (Phi) is 3.82. The summed E-state index contributed by atoms with van der Waals surface area (Å²) in [6, 6.07) is 4.22. The van der Waals surface area contributed by atoms with Crippen molar-refractivity contribution in [2.45, 2.75) is 23.8 Å². The Morgan fingerprint density at radius 3 is 2.83 bits per heavy atom. The van der Waals surface area contributed by atoms with Crippen LogP contribution in [0.3, 0.4) is 0 Å². The number of benzene rings is 1. The fourth-order valence-corrected chi connectivity index (χ4v) is 4.55. The molecule has 1 atom stereocenters. The first-order valence-electron chi connectivity index (χ1n) is 5.65. The van der Waals surface area contributed by atoms with Gasteiger partial charge in [0.2, 0.25) is 10.0 Å². The van der Waals surface area contributed by atoms with Gasteiger partial charge in [-0.2, -0.15) is 4.31 Å². The third-order valence-corrected chi connectivity index (χ3v) is 5.59. The molecule has 1 aliphatic rings. The fourth-order valence-electron chi connectivity index (χ4n) is 2.22. The van der Waals surface area contributed by atoms with Gasteiger partial charge in [-0.1, -0.05) is 17.7 Å². The Morgan fingerprint density at radius 2 is 2.22 bits per heavy atom. The SMILES string of the molecule is Nc1cccc(Cl)c1S(=O)(=O)N1CCC[C@H]1CO. The Balaban J connectivity index is 2.49. The van der Waals surface area contributed by atoms with Crippen molar-refractivity contribution >= 4 is 27.3 Å². The minimum atomic E-state index is -3.74. The number of halogens is 1. The Morgan fingerprint density at radius 1 is 1.50 bits per heavy atom. The molecule has 1 aromatic carbocycles. The van der Waals surface area contributed by atoms with E-state index in [1.807, 2.05) is 0 Å². The molecule has 3 N–H and O–H groups in total. The van der Waals surface area contributed by atoms with Gasteiger partial charge >= 0.3 is 0 Å². The largest absolute Gasteiger partial charge is 0.398 e. The molecular formula is C11H15ClN2O3S. The molecule has 0 saturated carbocycles. The average Bonchev–Trinajstić information content (AvgIpc) is 2.77. The topological polar surface area (TPSA) is 83.6 Å². The van der Waals surface area contributed by atoms with Gasteiger partial charge < -0.3 is 10.8 Å². The lowest BCUT2D eigenvalue weighted by Crippen LogP contribution is -2.38. The number of aliphatic hydroxyl groups is 1. The molecule has 0 spiro atoms. The van der Waals surface area contributed by atoms with E-state index in [2.05, 4.69) is 0 Å². The van der Waals surface area contributed by atoms with E-state index in [0.29, 0.717) is 13.0 Å². The standard InChI is InChI=1S/C11H15ClN2O3S/c12-9-4-1-5-10(13)11(9)18(16,17)14-6-2-3-8(14)7-15/h1,4-5,8,15H,2-3,6-7,13H2/t8-/m0/s1. The number of nitrogens with two attached hydrogens (primary N) is 1. The van der Waals surface area contributed by atoms with Gasteiger partial charge in [0.1, 0.15) is 4.90 Å². The molecule has 18 heavy (non-hydrogen) atoms. The van der Waals surface area contributed by atoms with E-state index in [1.165, 1.54) is 16.4 Å². The van der Waals surface area contributed by atoms with Gasteiger partial charge in [-0.3, -0.25) is 0 Å². The monoisotopic (exact) mass is 290 g/mol. The molecule has 1 saturated heterocycles. The molecule has 1 fully saturated rings. The lowest BCUT2D eigenvalue weighted by molar-refractivity contribution is 0.213. The van der Waals surface area contributed by atoms with Crippen LogP contribution in [0.4, 0.5) is 5.69 Å². The summed E-state index contributed by atoms with van der Waals surface area (Å²) in [4.78, 5) is -0.0629. The van der Waals surface area contributed by atoms with Gasteiger partial charge in [-0.15, -0.1) is 0 Å². The maximum Gasteiger partial charge on any atom is 0.246 e. The van der Waals surface area contributed by atoms with E-state index in [9.17, 15) is 13.5 Å². The normalized spacial score (nSPS) is 21.3. The lowest BCUT2D eigenvalue weighted by atomic mass is 10.2. The zero-order chi connectivity index (χ0) is 13.3. The van der Waals surface area contributed by atoms with Gasteiger partial charge in [-0.25, -0.2) is 8.42 Å². The van der Waals surface area contributed by atoms with Crippen LogP contribution < -0.4 is 5.73 Å². The Labute approximate surface area is 111 Å². The summed E-state index contributed by atoms with van der Waals surface area (Å²) in [5.41, 5.74) is 5.84. The van der Waals surface area contributed by atoms with Crippen molar-refractivity contribution in [2.24, 2.45) is 0 Å². The number of rotatable bonds is 3. The van der Waals surface area contributed by atoms with Crippen LogP contribution in [0.5, 0.6) is 0 Å². The van der Waals surface area contributed by atoms with Crippen molar-refractivity contribution in [3.8, 4) is 0 Å². The van der Waals surface area contributed by atoms with Gasteiger partial charge in [0, 0.05) is 12.6 Å². The first-order chi connectivity index (χ1) is 8.48. The average molecular weight is 291 g/mol. The molecule has 1 heterocycles. The minimum absolute atomic E-state index is 0.0629. The number of nitrogens with zero attached hydrogens (tertiary/aromatic N) is 1. The molecule has 2 rings (SSSR count). The van der Waals surface area contributed by atoms with E-state index in [-0.39, 0.29) is 28.3 Å². The Bertz CT molecular complexity index is 527. The number of hydrogen-bond acceptors (Lipinski definition) is 4. The van der Waals surface area contributed by atoms with Gasteiger partial charge in [-0.05, 0) is 25.0 Å². The maximum absolute atomic E-state index is 12.5. The molecule has 100 valence electrons. The first-order valence-corrected chi connectivity index (χ1v) is 7.47. The second-order valence-corrected chi connectivity index (χ2v) is 6.49. The van der Waals surface area contributed by atoms with Crippen LogP contribution in [0.2, 0.25) is 5.02 Å². The van der Waals surface area contributed by atoms with Crippen molar-refractivity contribution in [2.75, 3.05) is 18.9 Å². The van der Waals surface area contributed by atoms with Crippen molar-refractivity contribution in [3.63, 3.8) is 0 Å². The number of hydrogen-bond donors (Lipinski definition) is 2. The molecular weight excluding hydrogens is 276 g/mol. The zero-order valence-corrected chi connectivity index (χ0v) is 11.3. The smallest absolute Gasteiger partial charge is 0.246 e. The van der Waals surface area contributed by atoms with Crippen LogP contribution in [0, 0.1) is 0 Å². The highest BCUT2D eigenvalue weighted by molar-refractivity contribution is 7.89. The highest BCUT2D eigenvalue weighted by atomic mass is 35.5. The van der Waals surface area contributed by atoms with E-state index in [4.69, 9.17) is 17.3 Å². The first kappa shape index (κ1) is 13.6. The van der Waals surface area contributed by atoms with Crippen molar-refractivity contribution < 1.29 is 13.5 Å². The molecule has 0 radical (unpaired) electrons. The third kappa shape index (κ3) is 2.21. The second-order valence-electron chi connectivity index (χ2n) is 4.25. The van der Waals surface area contributed by atoms with Crippen LogP contribution in [-0.4, -0.2) is 37.0 Å². The molecule has 0 unspecified atom stereocenters. The Hall–Kier alpha value is -0.820. The van der Waals surface area contributed by atoms with Crippen LogP contribution in [0.15, 0.2) is 23.1 Å². The summed E-state index contributed by atoms with van der Waals surface area (Å²) < 4.78 is 26.3. The van der Waals surface area contributed by atoms with E-state index >= 15 is 0 Å². The quantitative estimate of drug-likeness (QED) is 0.816. The maximum atomic E-state index is 12.5. The van der Waals surface area contributed by atoms with Gasteiger partial charge in [0.25, 0.3) is 0 Å². The van der Waals surface area contributed by atoms with E-state index < -0.39 is 10.0 Å². The molecule has 0 bridgehead atoms. The summed E-state index contributed by atoms with van der Waals surface area (Å²) in [5.74, 6) is 0. The van der Waals surface area contributed by atoms with E-state index in [1.54, 1.807) is 6.07 Å². The zero-order valence-electron chi connectivity index (χ0n) is 9.71. The summed E-state index contributed by atoms with van der Waals surface area (Å²) in [7, 11) is -3.74. The van der Waals surface area contributed by atoms with Crippen LogP contribution in [0.25, 0.3) is 0 Å². The molecule has 7 heteroatoms. The molecule has 0 amide bonds. The number of aliphatic hydroxyl groups excluding tert-OH is 1. The predicted octanol–water partition coefficient (Wildman–Crippen LogP) is 1.07. The number of anilines is 1. The van der Waals surface area contributed by atoms with Crippen molar-refractivity contribution in [1.82, 2.24) is 4.31 Å².